The number of nitrogens with zero attached hydrogens (tertiary/aromatic N) is 3. The van der Waals surface area contributed by atoms with Crippen molar-refractivity contribution in [2.24, 2.45) is 4.99 Å². The average Bonchev–Trinajstić information content (AvgIpc) is 3.40. The first-order valence-corrected chi connectivity index (χ1v) is 11.2. The number of hydrogen-bond donors (Lipinski definition) is 2. The van der Waals surface area contributed by atoms with Crippen molar-refractivity contribution in [3.8, 4) is 0 Å². The number of β-amino-alcohol motifs (C(OH)–C–C–N with tert-alkyl or cyclic N) is 1. The minimum absolute atomic E-state index is 0.0657. The predicted octanol–water partition coefficient (Wildman–Crippen LogP) is 4.02. The third kappa shape index (κ3) is 4.46. The summed E-state index contributed by atoms with van der Waals surface area (Å²) in [5.41, 5.74) is 4.16. The molecular weight excluding hydrogens is 432 g/mol. The predicted molar refractivity (Wildman–Crippen MR) is 129 cm³/mol. The summed E-state index contributed by atoms with van der Waals surface area (Å²) in [5.74, 6) is -1.02. The summed E-state index contributed by atoms with van der Waals surface area (Å²) in [4.78, 5) is 31.0. The molecule has 1 amide bonds. The highest BCUT2D eigenvalue weighted by Gasteiger charge is 2.36. The lowest BCUT2D eigenvalue weighted by Gasteiger charge is -2.15. The Labute approximate surface area is 196 Å². The molecule has 0 spiro atoms. The van der Waals surface area contributed by atoms with E-state index in [1.807, 2.05) is 54.6 Å². The Morgan fingerprint density at radius 2 is 1.88 bits per heavy atom. The van der Waals surface area contributed by atoms with Crippen LogP contribution in [0, 0.1) is 10.1 Å². The number of non-ortho nitro benzene ring substituents is 1. The number of aliphatic hydroxyl groups excluding tert-OH is 1. The van der Waals surface area contributed by atoms with Gasteiger partial charge >= 0.3 is 0 Å². The number of benzene rings is 3. The van der Waals surface area contributed by atoms with Crippen LogP contribution >= 0.6 is 0 Å². The number of nitro benzene ring substituents is 1. The fraction of sp³-hybridized carbons (Fsp3) is 0.231. The normalized spacial score (nSPS) is 20.3. The number of nitrogens with one attached hydrogen (secondary N) is 1. The van der Waals surface area contributed by atoms with Gasteiger partial charge in [0.05, 0.1) is 22.4 Å². The molecule has 2 heterocycles. The zero-order valence-corrected chi connectivity index (χ0v) is 18.4. The van der Waals surface area contributed by atoms with Crippen molar-refractivity contribution in [1.29, 1.82) is 0 Å². The van der Waals surface area contributed by atoms with Gasteiger partial charge in [-0.25, -0.2) is 0 Å². The van der Waals surface area contributed by atoms with Crippen molar-refractivity contribution < 1.29 is 14.8 Å². The van der Waals surface area contributed by atoms with Crippen LogP contribution < -0.4 is 5.32 Å². The lowest BCUT2D eigenvalue weighted by molar-refractivity contribution is -0.384. The Morgan fingerprint density at radius 1 is 1.12 bits per heavy atom. The van der Waals surface area contributed by atoms with E-state index in [-0.39, 0.29) is 17.7 Å². The Hall–Kier alpha value is -3.88. The van der Waals surface area contributed by atoms with Crippen LogP contribution in [-0.4, -0.2) is 45.7 Å². The second kappa shape index (κ2) is 9.17. The maximum Gasteiger partial charge on any atom is 0.269 e. The van der Waals surface area contributed by atoms with Gasteiger partial charge in [0.25, 0.3) is 5.69 Å². The fourth-order valence-corrected chi connectivity index (χ4v) is 4.57. The van der Waals surface area contributed by atoms with Gasteiger partial charge in [0.2, 0.25) is 5.91 Å². The third-order valence-electron chi connectivity index (χ3n) is 6.26. The van der Waals surface area contributed by atoms with E-state index in [0.29, 0.717) is 29.2 Å². The fourth-order valence-electron chi connectivity index (χ4n) is 4.57. The summed E-state index contributed by atoms with van der Waals surface area (Å²) in [7, 11) is 0. The molecule has 3 aromatic rings. The number of aliphatic imine (C=N–C) groups is 1. The summed E-state index contributed by atoms with van der Waals surface area (Å²) < 4.78 is 0. The lowest BCUT2D eigenvalue weighted by atomic mass is 9.90. The van der Waals surface area contributed by atoms with Crippen molar-refractivity contribution in [1.82, 2.24) is 4.90 Å². The number of rotatable bonds is 6. The Bertz CT molecular complexity index is 1260. The van der Waals surface area contributed by atoms with Crippen molar-refractivity contribution in [2.45, 2.75) is 25.0 Å². The molecule has 2 N–H and O–H groups in total. The number of amides is 1. The number of carbonyl (C=O) groups is 1. The van der Waals surface area contributed by atoms with Crippen molar-refractivity contribution in [3.63, 3.8) is 0 Å². The zero-order chi connectivity index (χ0) is 23.7. The molecule has 172 valence electrons. The molecule has 0 radical (unpaired) electrons. The quantitative estimate of drug-likeness (QED) is 0.331. The van der Waals surface area contributed by atoms with Gasteiger partial charge in [-0.3, -0.25) is 24.8 Å². The zero-order valence-electron chi connectivity index (χ0n) is 18.4. The van der Waals surface area contributed by atoms with Crippen LogP contribution in [0.25, 0.3) is 0 Å². The van der Waals surface area contributed by atoms with Gasteiger partial charge in [0.1, 0.15) is 5.92 Å². The van der Waals surface area contributed by atoms with Crippen LogP contribution in [0.1, 0.15) is 29.0 Å². The molecule has 0 aromatic heterocycles. The van der Waals surface area contributed by atoms with Gasteiger partial charge in [-0.05, 0) is 35.7 Å². The molecule has 1 saturated heterocycles. The van der Waals surface area contributed by atoms with Gasteiger partial charge in [-0.15, -0.1) is 0 Å². The first-order chi connectivity index (χ1) is 16.5. The van der Waals surface area contributed by atoms with Gasteiger partial charge in [0, 0.05) is 43.0 Å². The highest BCUT2D eigenvalue weighted by Crippen LogP contribution is 2.38. The minimum Gasteiger partial charge on any atom is -0.392 e. The van der Waals surface area contributed by atoms with Crippen LogP contribution in [0.15, 0.2) is 77.8 Å². The smallest absolute Gasteiger partial charge is 0.269 e. The Balaban J connectivity index is 1.50. The van der Waals surface area contributed by atoms with E-state index in [0.717, 1.165) is 30.6 Å². The molecular formula is C26H24N4O4. The van der Waals surface area contributed by atoms with E-state index in [1.165, 1.54) is 12.1 Å². The summed E-state index contributed by atoms with van der Waals surface area (Å²) in [6.07, 6.45) is 0.542. The summed E-state index contributed by atoms with van der Waals surface area (Å²) in [6, 6.07) is 21.6. The third-order valence-corrected chi connectivity index (χ3v) is 6.26. The largest absolute Gasteiger partial charge is 0.392 e. The second-order valence-electron chi connectivity index (χ2n) is 8.66. The van der Waals surface area contributed by atoms with Crippen LogP contribution in [0.5, 0.6) is 0 Å². The summed E-state index contributed by atoms with van der Waals surface area (Å²) >= 11 is 0. The van der Waals surface area contributed by atoms with Crippen molar-refractivity contribution >= 4 is 28.7 Å². The maximum atomic E-state index is 13.0. The van der Waals surface area contributed by atoms with Crippen LogP contribution in [0.2, 0.25) is 0 Å². The Morgan fingerprint density at radius 3 is 2.56 bits per heavy atom. The number of likely N-dealkylation sites (tertiary alicyclic amines) is 1. The maximum absolute atomic E-state index is 13.0. The van der Waals surface area contributed by atoms with Gasteiger partial charge in [-0.2, -0.15) is 0 Å². The monoisotopic (exact) mass is 456 g/mol. The molecule has 8 heteroatoms. The molecule has 34 heavy (non-hydrogen) atoms. The standard InChI is InChI=1S/C26H24N4O4/c31-21-12-13-29(16-21)15-17-6-8-19(9-7-17)27-25(18-4-2-1-3-5-18)24-22-14-20(30(33)34)10-11-23(22)28-26(24)32/h1-11,14,21,24,31H,12-13,15-16H2,(H,28,32). The second-order valence-corrected chi connectivity index (χ2v) is 8.66. The number of fused-ring (bicyclic) bond motifs is 1. The lowest BCUT2D eigenvalue weighted by Crippen LogP contribution is -2.22. The number of hydrogen-bond acceptors (Lipinski definition) is 6. The van der Waals surface area contributed by atoms with E-state index in [1.54, 1.807) is 6.07 Å². The van der Waals surface area contributed by atoms with E-state index in [9.17, 15) is 20.0 Å². The molecule has 0 bridgehead atoms. The van der Waals surface area contributed by atoms with Gasteiger partial charge in [0.15, 0.2) is 0 Å². The highest BCUT2D eigenvalue weighted by atomic mass is 16.6. The van der Waals surface area contributed by atoms with E-state index in [4.69, 9.17) is 4.99 Å². The highest BCUT2D eigenvalue weighted by molar-refractivity contribution is 6.24. The minimum atomic E-state index is -0.761. The summed E-state index contributed by atoms with van der Waals surface area (Å²) in [6.45, 7) is 2.32. The topological polar surface area (TPSA) is 108 Å². The molecule has 0 aliphatic carbocycles. The first-order valence-electron chi connectivity index (χ1n) is 11.2. The first kappa shape index (κ1) is 21.9. The molecule has 3 aromatic carbocycles. The van der Waals surface area contributed by atoms with E-state index in [2.05, 4.69) is 10.2 Å². The van der Waals surface area contributed by atoms with Gasteiger partial charge in [-0.1, -0.05) is 42.5 Å². The average molecular weight is 457 g/mol. The molecule has 0 saturated carbocycles. The molecule has 2 unspecified atom stereocenters. The van der Waals surface area contributed by atoms with Crippen LogP contribution in [0.4, 0.5) is 17.1 Å². The van der Waals surface area contributed by atoms with Crippen molar-refractivity contribution in [2.75, 3.05) is 18.4 Å². The number of aliphatic hydroxyl groups is 1. The molecule has 2 atom stereocenters. The van der Waals surface area contributed by atoms with Crippen LogP contribution in [0.3, 0.4) is 0 Å². The Kier molecular flexibility index (Phi) is 5.91. The molecule has 1 fully saturated rings. The number of anilines is 1. The van der Waals surface area contributed by atoms with E-state index < -0.39 is 10.8 Å². The molecule has 8 nitrogen and oxygen atoms in total. The number of carbonyl (C=O) groups excluding carboxylic acids is 1. The number of nitro groups is 1. The van der Waals surface area contributed by atoms with E-state index >= 15 is 0 Å². The summed E-state index contributed by atoms with van der Waals surface area (Å²) in [5, 5.41) is 23.9. The molecule has 5 rings (SSSR count). The van der Waals surface area contributed by atoms with Crippen molar-refractivity contribution in [3.05, 3.63) is 99.6 Å². The molecule has 2 aliphatic rings. The SMILES string of the molecule is O=C1Nc2ccc([N+](=O)[O-])cc2C1C(=Nc1ccc(CN2CCC(O)C2)cc1)c1ccccc1. The van der Waals surface area contributed by atoms with Crippen LogP contribution in [-0.2, 0) is 11.3 Å². The molecule has 2 aliphatic heterocycles. The van der Waals surface area contributed by atoms with Gasteiger partial charge < -0.3 is 10.4 Å².